The van der Waals surface area contributed by atoms with E-state index in [-0.39, 0.29) is 0 Å². The quantitative estimate of drug-likeness (QED) is 0.818. The van der Waals surface area contributed by atoms with Gasteiger partial charge >= 0.3 is 0 Å². The Morgan fingerprint density at radius 1 is 1.43 bits per heavy atom. The molecule has 1 saturated carbocycles. The zero-order chi connectivity index (χ0) is 15.2. The molecule has 0 radical (unpaired) electrons. The number of likely N-dealkylation sites (N-methyl/N-ethyl adjacent to an activating group) is 1. The maximum absolute atomic E-state index is 3.72. The van der Waals surface area contributed by atoms with Crippen LogP contribution >= 0.6 is 11.3 Å². The fraction of sp³-hybridized carbons (Fsp3) is 0.778. The Morgan fingerprint density at radius 3 is 2.90 bits per heavy atom. The molecule has 2 nitrogen and oxygen atoms in total. The molecule has 120 valence electrons. The van der Waals surface area contributed by atoms with E-state index in [0.717, 1.165) is 24.4 Å². The van der Waals surface area contributed by atoms with Gasteiger partial charge in [0.2, 0.25) is 0 Å². The molecular weight excluding hydrogens is 276 g/mol. The molecule has 3 heteroatoms. The van der Waals surface area contributed by atoms with Crippen LogP contribution < -0.4 is 5.32 Å². The molecule has 0 amide bonds. The maximum Gasteiger partial charge on any atom is 0.0112 e. The highest BCUT2D eigenvalue weighted by atomic mass is 32.1. The van der Waals surface area contributed by atoms with Crippen LogP contribution in [0, 0.1) is 11.8 Å². The molecule has 1 aromatic heterocycles. The van der Waals surface area contributed by atoms with E-state index in [1.165, 1.54) is 37.1 Å². The Hall–Kier alpha value is -0.380. The minimum absolute atomic E-state index is 0.628. The summed E-state index contributed by atoms with van der Waals surface area (Å²) < 4.78 is 0. The predicted molar refractivity (Wildman–Crippen MR) is 94.1 cm³/mol. The van der Waals surface area contributed by atoms with Gasteiger partial charge in [-0.1, -0.05) is 19.9 Å². The van der Waals surface area contributed by atoms with Gasteiger partial charge in [-0.15, -0.1) is 11.3 Å². The Bertz CT molecular complexity index is 390. The Balaban J connectivity index is 1.87. The first-order valence-corrected chi connectivity index (χ1v) is 9.44. The van der Waals surface area contributed by atoms with E-state index in [2.05, 4.69) is 55.5 Å². The van der Waals surface area contributed by atoms with Gasteiger partial charge in [-0.2, -0.15) is 0 Å². The number of hydrogen-bond donors (Lipinski definition) is 1. The van der Waals surface area contributed by atoms with Gasteiger partial charge in [0.25, 0.3) is 0 Å². The molecule has 1 heterocycles. The predicted octanol–water partition coefficient (Wildman–Crippen LogP) is 4.03. The third-order valence-corrected chi connectivity index (χ3v) is 5.96. The van der Waals surface area contributed by atoms with Crippen LogP contribution in [-0.2, 0) is 6.42 Å². The standard InChI is InChI=1S/C18H32N2S/c1-5-19-18-9-8-14(2)11-16(18)13-20(4)15(3)12-17-7-6-10-21-17/h6-7,10,14-16,18-19H,5,8-9,11-13H2,1-4H3. The Labute approximate surface area is 134 Å². The number of hydrogen-bond acceptors (Lipinski definition) is 3. The highest BCUT2D eigenvalue weighted by molar-refractivity contribution is 7.09. The zero-order valence-electron chi connectivity index (χ0n) is 14.1. The molecule has 21 heavy (non-hydrogen) atoms. The van der Waals surface area contributed by atoms with Crippen LogP contribution in [0.5, 0.6) is 0 Å². The third-order valence-electron chi connectivity index (χ3n) is 5.06. The summed E-state index contributed by atoms with van der Waals surface area (Å²) in [6, 6.07) is 5.78. The number of nitrogens with one attached hydrogen (secondary N) is 1. The van der Waals surface area contributed by atoms with Gasteiger partial charge < -0.3 is 10.2 Å². The molecule has 1 aromatic rings. The molecule has 0 saturated heterocycles. The largest absolute Gasteiger partial charge is 0.314 e. The first kappa shape index (κ1) is 17.0. The first-order valence-electron chi connectivity index (χ1n) is 8.56. The number of thiophene rings is 1. The van der Waals surface area contributed by atoms with Gasteiger partial charge in [0, 0.05) is 23.5 Å². The van der Waals surface area contributed by atoms with Crippen molar-refractivity contribution in [2.75, 3.05) is 20.1 Å². The fourth-order valence-electron chi connectivity index (χ4n) is 3.66. The fourth-order valence-corrected chi connectivity index (χ4v) is 4.48. The van der Waals surface area contributed by atoms with Crippen molar-refractivity contribution < 1.29 is 0 Å². The SMILES string of the molecule is CCNC1CCC(C)CC1CN(C)C(C)Cc1cccs1. The molecular formula is C18H32N2S. The van der Waals surface area contributed by atoms with Gasteiger partial charge in [-0.05, 0) is 69.5 Å². The lowest BCUT2D eigenvalue weighted by atomic mass is 9.78. The van der Waals surface area contributed by atoms with Crippen molar-refractivity contribution in [2.45, 2.75) is 58.5 Å². The average Bonchev–Trinajstić information content (AvgIpc) is 2.94. The normalized spacial score (nSPS) is 28.0. The molecule has 4 atom stereocenters. The van der Waals surface area contributed by atoms with Crippen LogP contribution in [0.4, 0.5) is 0 Å². The molecule has 1 fully saturated rings. The summed E-state index contributed by atoms with van der Waals surface area (Å²) in [5.41, 5.74) is 0. The summed E-state index contributed by atoms with van der Waals surface area (Å²) in [6.07, 6.45) is 5.31. The summed E-state index contributed by atoms with van der Waals surface area (Å²) in [5.74, 6) is 1.70. The van der Waals surface area contributed by atoms with Crippen molar-refractivity contribution in [1.29, 1.82) is 0 Å². The van der Waals surface area contributed by atoms with Gasteiger partial charge in [0.05, 0.1) is 0 Å². The monoisotopic (exact) mass is 308 g/mol. The van der Waals surface area contributed by atoms with E-state index in [0.29, 0.717) is 6.04 Å². The lowest BCUT2D eigenvalue weighted by Gasteiger charge is -2.39. The van der Waals surface area contributed by atoms with Crippen molar-refractivity contribution in [1.82, 2.24) is 10.2 Å². The molecule has 0 spiro atoms. The van der Waals surface area contributed by atoms with Crippen LogP contribution in [-0.4, -0.2) is 37.1 Å². The number of nitrogens with zero attached hydrogens (tertiary/aromatic N) is 1. The average molecular weight is 309 g/mol. The molecule has 0 bridgehead atoms. The van der Waals surface area contributed by atoms with E-state index < -0.39 is 0 Å². The highest BCUT2D eigenvalue weighted by Crippen LogP contribution is 2.30. The van der Waals surface area contributed by atoms with Crippen LogP contribution in [0.1, 0.15) is 44.9 Å². The molecule has 4 unspecified atom stereocenters. The Morgan fingerprint density at radius 2 is 2.24 bits per heavy atom. The topological polar surface area (TPSA) is 15.3 Å². The van der Waals surface area contributed by atoms with E-state index in [4.69, 9.17) is 0 Å². The van der Waals surface area contributed by atoms with E-state index in [1.807, 2.05) is 11.3 Å². The minimum Gasteiger partial charge on any atom is -0.314 e. The van der Waals surface area contributed by atoms with Crippen molar-refractivity contribution in [3.8, 4) is 0 Å². The van der Waals surface area contributed by atoms with E-state index >= 15 is 0 Å². The highest BCUT2D eigenvalue weighted by Gasteiger charge is 2.29. The third kappa shape index (κ3) is 5.08. The van der Waals surface area contributed by atoms with Gasteiger partial charge in [-0.3, -0.25) is 0 Å². The number of rotatable bonds is 7. The molecule has 0 aliphatic heterocycles. The molecule has 0 aromatic carbocycles. The van der Waals surface area contributed by atoms with Crippen LogP contribution in [0.15, 0.2) is 17.5 Å². The van der Waals surface area contributed by atoms with Crippen molar-refractivity contribution in [3.63, 3.8) is 0 Å². The second-order valence-electron chi connectivity index (χ2n) is 6.91. The van der Waals surface area contributed by atoms with Gasteiger partial charge in [-0.25, -0.2) is 0 Å². The zero-order valence-corrected chi connectivity index (χ0v) is 15.0. The lowest BCUT2D eigenvalue weighted by Crippen LogP contribution is -2.46. The van der Waals surface area contributed by atoms with Crippen molar-refractivity contribution in [3.05, 3.63) is 22.4 Å². The summed E-state index contributed by atoms with van der Waals surface area (Å²) in [6.45, 7) is 9.36. The minimum atomic E-state index is 0.628. The second kappa shape index (κ2) is 8.30. The summed E-state index contributed by atoms with van der Waals surface area (Å²) in [7, 11) is 2.31. The summed E-state index contributed by atoms with van der Waals surface area (Å²) >= 11 is 1.88. The van der Waals surface area contributed by atoms with Crippen LogP contribution in [0.2, 0.25) is 0 Å². The summed E-state index contributed by atoms with van der Waals surface area (Å²) in [5, 5.41) is 5.91. The second-order valence-corrected chi connectivity index (χ2v) is 7.95. The molecule has 2 rings (SSSR count). The lowest BCUT2D eigenvalue weighted by molar-refractivity contribution is 0.140. The molecule has 1 aliphatic carbocycles. The molecule has 1 N–H and O–H groups in total. The van der Waals surface area contributed by atoms with Crippen LogP contribution in [0.25, 0.3) is 0 Å². The first-order chi connectivity index (χ1) is 10.1. The summed E-state index contributed by atoms with van der Waals surface area (Å²) in [4.78, 5) is 4.09. The smallest absolute Gasteiger partial charge is 0.0112 e. The van der Waals surface area contributed by atoms with Crippen molar-refractivity contribution >= 4 is 11.3 Å². The van der Waals surface area contributed by atoms with Crippen molar-refractivity contribution in [2.24, 2.45) is 11.8 Å². The molecule has 1 aliphatic rings. The Kier molecular flexibility index (Phi) is 6.72. The van der Waals surface area contributed by atoms with Gasteiger partial charge in [0.1, 0.15) is 0 Å². The van der Waals surface area contributed by atoms with Gasteiger partial charge in [0.15, 0.2) is 0 Å². The van der Waals surface area contributed by atoms with E-state index in [9.17, 15) is 0 Å². The van der Waals surface area contributed by atoms with E-state index in [1.54, 1.807) is 0 Å². The van der Waals surface area contributed by atoms with Crippen LogP contribution in [0.3, 0.4) is 0 Å². The maximum atomic E-state index is 3.72.